The molecule has 3 heterocycles. The number of nitrogens with zero attached hydrogens (tertiary/aromatic N) is 4. The topological polar surface area (TPSA) is 83.4 Å². The van der Waals surface area contributed by atoms with Gasteiger partial charge in [-0.2, -0.15) is 0 Å². The second kappa shape index (κ2) is 7.33. The van der Waals surface area contributed by atoms with Crippen LogP contribution in [-0.4, -0.2) is 52.4 Å². The predicted octanol–water partition coefficient (Wildman–Crippen LogP) is 2.49. The van der Waals surface area contributed by atoms with Gasteiger partial charge in [-0.15, -0.1) is 0 Å². The molecule has 1 aromatic carbocycles. The first-order chi connectivity index (χ1) is 13.8. The van der Waals surface area contributed by atoms with E-state index in [4.69, 9.17) is 19.7 Å². The van der Waals surface area contributed by atoms with Gasteiger partial charge in [0.2, 0.25) is 0 Å². The van der Waals surface area contributed by atoms with Crippen molar-refractivity contribution in [2.45, 2.75) is 25.4 Å². The van der Waals surface area contributed by atoms with Gasteiger partial charge in [0.15, 0.2) is 11.6 Å². The zero-order chi connectivity index (χ0) is 18.9. The van der Waals surface area contributed by atoms with Crippen LogP contribution in [0.4, 0.5) is 5.82 Å². The first-order valence-corrected chi connectivity index (χ1v) is 9.78. The van der Waals surface area contributed by atoms with Crippen LogP contribution in [-0.2, 0) is 11.3 Å². The molecule has 1 saturated carbocycles. The maximum atomic E-state index is 9.87. The van der Waals surface area contributed by atoms with Gasteiger partial charge in [0.05, 0.1) is 18.7 Å². The molecule has 2 N–H and O–H groups in total. The van der Waals surface area contributed by atoms with Gasteiger partial charge >= 0.3 is 0 Å². The SMILES string of the molecule is Oc1cccc(-c2nc(N3CCOCC3)c3ncc(CNC4CC4)cc3n2)c1. The number of pyridine rings is 1. The van der Waals surface area contributed by atoms with Gasteiger partial charge in [-0.25, -0.2) is 9.97 Å². The number of phenols is 1. The minimum absolute atomic E-state index is 0.203. The fourth-order valence-corrected chi connectivity index (χ4v) is 3.46. The summed E-state index contributed by atoms with van der Waals surface area (Å²) in [5.74, 6) is 1.63. The largest absolute Gasteiger partial charge is 0.508 e. The van der Waals surface area contributed by atoms with Crippen LogP contribution in [0.5, 0.6) is 5.75 Å². The lowest BCUT2D eigenvalue weighted by Gasteiger charge is -2.28. The third-order valence-corrected chi connectivity index (χ3v) is 5.16. The second-order valence-corrected chi connectivity index (χ2v) is 7.39. The normalized spacial score (nSPS) is 17.2. The molecule has 1 saturated heterocycles. The Morgan fingerprint density at radius 3 is 2.79 bits per heavy atom. The highest BCUT2D eigenvalue weighted by Gasteiger charge is 2.21. The average molecular weight is 377 g/mol. The summed E-state index contributed by atoms with van der Waals surface area (Å²) in [6.45, 7) is 3.70. The third-order valence-electron chi connectivity index (χ3n) is 5.16. The average Bonchev–Trinajstić information content (AvgIpc) is 3.56. The number of benzene rings is 1. The Labute approximate surface area is 163 Å². The first-order valence-electron chi connectivity index (χ1n) is 9.78. The third kappa shape index (κ3) is 3.63. The summed E-state index contributed by atoms with van der Waals surface area (Å²) in [6, 6.07) is 9.80. The van der Waals surface area contributed by atoms with Crippen LogP contribution in [0.1, 0.15) is 18.4 Å². The maximum absolute atomic E-state index is 9.87. The van der Waals surface area contributed by atoms with Gasteiger partial charge in [-0.3, -0.25) is 4.98 Å². The fraction of sp³-hybridized carbons (Fsp3) is 0.381. The van der Waals surface area contributed by atoms with E-state index in [-0.39, 0.29) is 5.75 Å². The molecule has 0 unspecified atom stereocenters. The molecule has 0 spiro atoms. The van der Waals surface area contributed by atoms with Gasteiger partial charge in [0.1, 0.15) is 11.3 Å². The van der Waals surface area contributed by atoms with Crippen LogP contribution in [0, 0.1) is 0 Å². The van der Waals surface area contributed by atoms with Gasteiger partial charge in [0.25, 0.3) is 0 Å². The number of aromatic hydroxyl groups is 1. The minimum atomic E-state index is 0.203. The zero-order valence-corrected chi connectivity index (χ0v) is 15.6. The standard InChI is InChI=1S/C21H23N5O2/c27-17-3-1-2-15(11-17)20-24-18-10-14(12-22-16-4-5-16)13-23-19(18)21(25-20)26-6-8-28-9-7-26/h1-3,10-11,13,16,22,27H,4-9,12H2. The molecule has 3 aromatic rings. The summed E-state index contributed by atoms with van der Waals surface area (Å²) in [7, 11) is 0. The summed E-state index contributed by atoms with van der Waals surface area (Å²) in [4.78, 5) is 16.5. The number of rotatable bonds is 5. The molecule has 144 valence electrons. The molecular weight excluding hydrogens is 354 g/mol. The smallest absolute Gasteiger partial charge is 0.162 e. The Morgan fingerprint density at radius 2 is 2.00 bits per heavy atom. The Kier molecular flexibility index (Phi) is 4.54. The Bertz CT molecular complexity index is 999. The fourth-order valence-electron chi connectivity index (χ4n) is 3.46. The molecular formula is C21H23N5O2. The summed E-state index contributed by atoms with van der Waals surface area (Å²) in [5.41, 5.74) is 3.54. The Balaban J connectivity index is 1.59. The van der Waals surface area contributed by atoms with Crippen LogP contribution >= 0.6 is 0 Å². The number of hydrogen-bond donors (Lipinski definition) is 2. The number of hydrogen-bond acceptors (Lipinski definition) is 7. The van der Waals surface area contributed by atoms with E-state index in [2.05, 4.69) is 16.3 Å². The van der Waals surface area contributed by atoms with Crippen molar-refractivity contribution in [2.24, 2.45) is 0 Å². The van der Waals surface area contributed by atoms with Gasteiger partial charge in [-0.1, -0.05) is 12.1 Å². The van der Waals surface area contributed by atoms with Crippen molar-refractivity contribution < 1.29 is 9.84 Å². The minimum Gasteiger partial charge on any atom is -0.508 e. The molecule has 2 aromatic heterocycles. The van der Waals surface area contributed by atoms with E-state index in [1.165, 1.54) is 12.8 Å². The number of aromatic nitrogens is 3. The van der Waals surface area contributed by atoms with E-state index in [0.29, 0.717) is 25.1 Å². The summed E-state index contributed by atoms with van der Waals surface area (Å²) >= 11 is 0. The van der Waals surface area contributed by atoms with E-state index in [9.17, 15) is 5.11 Å². The van der Waals surface area contributed by atoms with Gasteiger partial charge < -0.3 is 20.1 Å². The quantitative estimate of drug-likeness (QED) is 0.707. The summed E-state index contributed by atoms with van der Waals surface area (Å²) in [6.07, 6.45) is 4.43. The van der Waals surface area contributed by atoms with E-state index in [0.717, 1.165) is 47.6 Å². The summed E-state index contributed by atoms with van der Waals surface area (Å²) < 4.78 is 5.50. The van der Waals surface area contributed by atoms with Crippen molar-refractivity contribution >= 4 is 16.9 Å². The maximum Gasteiger partial charge on any atom is 0.162 e. The van der Waals surface area contributed by atoms with Crippen molar-refractivity contribution in [2.75, 3.05) is 31.2 Å². The molecule has 1 aliphatic heterocycles. The molecule has 2 aliphatic rings. The van der Waals surface area contributed by atoms with Crippen molar-refractivity contribution in [3.63, 3.8) is 0 Å². The van der Waals surface area contributed by atoms with Gasteiger partial charge in [-0.05, 0) is 36.6 Å². The van der Waals surface area contributed by atoms with E-state index < -0.39 is 0 Å². The molecule has 0 bridgehead atoms. The number of morpholine rings is 1. The van der Waals surface area contributed by atoms with Crippen LogP contribution in [0.3, 0.4) is 0 Å². The van der Waals surface area contributed by atoms with E-state index in [1.807, 2.05) is 12.3 Å². The first kappa shape index (κ1) is 17.3. The number of ether oxygens (including phenoxy) is 1. The zero-order valence-electron chi connectivity index (χ0n) is 15.6. The molecule has 0 atom stereocenters. The van der Waals surface area contributed by atoms with Crippen molar-refractivity contribution in [1.29, 1.82) is 0 Å². The molecule has 5 rings (SSSR count). The number of nitrogens with one attached hydrogen (secondary N) is 1. The molecule has 0 amide bonds. The van der Waals surface area contributed by atoms with E-state index in [1.54, 1.807) is 18.2 Å². The van der Waals surface area contributed by atoms with Crippen molar-refractivity contribution in [3.05, 3.63) is 42.1 Å². The molecule has 2 fully saturated rings. The van der Waals surface area contributed by atoms with Crippen molar-refractivity contribution in [3.8, 4) is 17.1 Å². The highest BCUT2D eigenvalue weighted by molar-refractivity contribution is 5.88. The van der Waals surface area contributed by atoms with Gasteiger partial charge in [0, 0.05) is 37.4 Å². The van der Waals surface area contributed by atoms with Crippen LogP contribution in [0.2, 0.25) is 0 Å². The van der Waals surface area contributed by atoms with Crippen LogP contribution in [0.15, 0.2) is 36.5 Å². The molecule has 7 heteroatoms. The number of anilines is 1. The lowest BCUT2D eigenvalue weighted by molar-refractivity contribution is 0.122. The van der Waals surface area contributed by atoms with E-state index >= 15 is 0 Å². The molecule has 0 radical (unpaired) electrons. The number of fused-ring (bicyclic) bond motifs is 1. The van der Waals surface area contributed by atoms with Crippen LogP contribution in [0.25, 0.3) is 22.4 Å². The molecule has 7 nitrogen and oxygen atoms in total. The second-order valence-electron chi connectivity index (χ2n) is 7.39. The monoisotopic (exact) mass is 377 g/mol. The van der Waals surface area contributed by atoms with Crippen LogP contribution < -0.4 is 10.2 Å². The molecule has 1 aliphatic carbocycles. The highest BCUT2D eigenvalue weighted by Crippen LogP contribution is 2.29. The highest BCUT2D eigenvalue weighted by atomic mass is 16.5. The van der Waals surface area contributed by atoms with Crippen molar-refractivity contribution in [1.82, 2.24) is 20.3 Å². The Hall–Kier alpha value is -2.77. The number of phenolic OH excluding ortho intramolecular Hbond substituents is 1. The summed E-state index contributed by atoms with van der Waals surface area (Å²) in [5, 5.41) is 13.4. The lowest BCUT2D eigenvalue weighted by atomic mass is 10.2. The predicted molar refractivity (Wildman–Crippen MR) is 107 cm³/mol. The molecule has 28 heavy (non-hydrogen) atoms. The lowest BCUT2D eigenvalue weighted by Crippen LogP contribution is -2.37. The Morgan fingerprint density at radius 1 is 1.14 bits per heavy atom.